The van der Waals surface area contributed by atoms with E-state index >= 15 is 0 Å². The Balaban J connectivity index is 2.17. The van der Waals surface area contributed by atoms with Gasteiger partial charge in [-0.2, -0.15) is 0 Å². The molecule has 2 bridgehead atoms. The molecule has 4 atom stereocenters. The van der Waals surface area contributed by atoms with Crippen molar-refractivity contribution in [2.45, 2.75) is 40.5 Å². The second-order valence-corrected chi connectivity index (χ2v) is 5.43. The van der Waals surface area contributed by atoms with Gasteiger partial charge in [0.05, 0.1) is 0 Å². The molecule has 3 fully saturated rings. The van der Waals surface area contributed by atoms with Crippen molar-refractivity contribution >= 4 is 0 Å². The van der Waals surface area contributed by atoms with E-state index in [9.17, 15) is 0 Å². The summed E-state index contributed by atoms with van der Waals surface area (Å²) in [5.74, 6) is 4.07. The predicted molar refractivity (Wildman–Crippen MR) is 48.3 cm³/mol. The molecule has 0 N–H and O–H groups in total. The first-order valence-electron chi connectivity index (χ1n) is 5.03. The van der Waals surface area contributed by atoms with Crippen LogP contribution in [0.1, 0.15) is 40.5 Å². The maximum atomic E-state index is 2.47. The third kappa shape index (κ3) is 0.816. The Hall–Kier alpha value is 0. The standard InChI is InChI=1S/C11H20/c1-7-5-9-6-10(8(7)2)11(9,3)4/h7-10H,5-6H2,1-4H3/t7-,8?,9?,10+/m1/s1. The SMILES string of the molecule is CC1[C@H](C)CC2C[C@@H]1C2(C)C. The maximum absolute atomic E-state index is 2.47. The molecular weight excluding hydrogens is 132 g/mol. The molecule has 0 aliphatic heterocycles. The number of rotatable bonds is 0. The molecule has 0 amide bonds. The van der Waals surface area contributed by atoms with Gasteiger partial charge in [-0.1, -0.05) is 27.7 Å². The van der Waals surface area contributed by atoms with Crippen molar-refractivity contribution in [1.29, 1.82) is 0 Å². The zero-order valence-corrected chi connectivity index (χ0v) is 8.22. The van der Waals surface area contributed by atoms with Crippen molar-refractivity contribution < 1.29 is 0 Å². The molecule has 3 aliphatic carbocycles. The molecule has 2 unspecified atom stereocenters. The van der Waals surface area contributed by atoms with E-state index < -0.39 is 0 Å². The average Bonchev–Trinajstić information content (AvgIpc) is 1.93. The van der Waals surface area contributed by atoms with Crippen LogP contribution in [-0.2, 0) is 0 Å². The monoisotopic (exact) mass is 152 g/mol. The first-order chi connectivity index (χ1) is 5.03. The third-order valence-electron chi connectivity index (χ3n) is 4.73. The summed E-state index contributed by atoms with van der Waals surface area (Å²) in [5, 5.41) is 0. The van der Waals surface area contributed by atoms with Gasteiger partial charge in [-0.15, -0.1) is 0 Å². The van der Waals surface area contributed by atoms with E-state index in [0.29, 0.717) is 5.41 Å². The van der Waals surface area contributed by atoms with Crippen molar-refractivity contribution in [1.82, 2.24) is 0 Å². The number of hydrogen-bond acceptors (Lipinski definition) is 0. The van der Waals surface area contributed by atoms with Gasteiger partial charge in [0.25, 0.3) is 0 Å². The van der Waals surface area contributed by atoms with Crippen LogP contribution in [-0.4, -0.2) is 0 Å². The molecule has 0 radical (unpaired) electrons. The van der Waals surface area contributed by atoms with Gasteiger partial charge in [0.1, 0.15) is 0 Å². The fraction of sp³-hybridized carbons (Fsp3) is 1.00. The molecule has 0 saturated heterocycles. The van der Waals surface area contributed by atoms with Gasteiger partial charge in [-0.05, 0) is 41.9 Å². The molecular formula is C11H20. The summed E-state index contributed by atoms with van der Waals surface area (Å²) in [6.07, 6.45) is 3.02. The summed E-state index contributed by atoms with van der Waals surface area (Å²) in [7, 11) is 0. The highest BCUT2D eigenvalue weighted by Crippen LogP contribution is 2.62. The Morgan fingerprint density at radius 2 is 1.73 bits per heavy atom. The molecule has 3 rings (SSSR count). The molecule has 11 heavy (non-hydrogen) atoms. The lowest BCUT2D eigenvalue weighted by Gasteiger charge is -2.61. The summed E-state index contributed by atoms with van der Waals surface area (Å²) in [6, 6.07) is 0. The van der Waals surface area contributed by atoms with Crippen LogP contribution in [0.3, 0.4) is 0 Å². The zero-order valence-electron chi connectivity index (χ0n) is 8.22. The van der Waals surface area contributed by atoms with Crippen LogP contribution in [0.5, 0.6) is 0 Å². The first-order valence-corrected chi connectivity index (χ1v) is 5.03. The maximum Gasteiger partial charge on any atom is -0.0295 e. The van der Waals surface area contributed by atoms with Gasteiger partial charge in [0, 0.05) is 0 Å². The topological polar surface area (TPSA) is 0 Å². The molecule has 3 aliphatic rings. The molecule has 0 aromatic heterocycles. The summed E-state index contributed by atoms with van der Waals surface area (Å²) < 4.78 is 0. The largest absolute Gasteiger partial charge is 0.0622 e. The molecule has 0 spiro atoms. The van der Waals surface area contributed by atoms with E-state index in [4.69, 9.17) is 0 Å². The molecule has 64 valence electrons. The normalized spacial score (nSPS) is 53.5. The van der Waals surface area contributed by atoms with E-state index in [2.05, 4.69) is 27.7 Å². The summed E-state index contributed by atoms with van der Waals surface area (Å²) in [4.78, 5) is 0. The predicted octanol–water partition coefficient (Wildman–Crippen LogP) is 3.32. The van der Waals surface area contributed by atoms with E-state index in [1.165, 1.54) is 12.8 Å². The molecule has 0 aromatic rings. The Labute approximate surface area is 70.4 Å². The van der Waals surface area contributed by atoms with Crippen molar-refractivity contribution in [3.8, 4) is 0 Å². The fourth-order valence-corrected chi connectivity index (χ4v) is 3.41. The van der Waals surface area contributed by atoms with Gasteiger partial charge in [-0.3, -0.25) is 0 Å². The van der Waals surface area contributed by atoms with Crippen LogP contribution in [0.15, 0.2) is 0 Å². The third-order valence-corrected chi connectivity index (χ3v) is 4.73. The van der Waals surface area contributed by atoms with Crippen LogP contribution < -0.4 is 0 Å². The first kappa shape index (κ1) is 7.64. The summed E-state index contributed by atoms with van der Waals surface area (Å²) >= 11 is 0. The lowest BCUT2D eigenvalue weighted by atomic mass is 9.44. The van der Waals surface area contributed by atoms with E-state index in [-0.39, 0.29) is 0 Å². The highest BCUT2D eigenvalue weighted by molar-refractivity contribution is 5.03. The lowest BCUT2D eigenvalue weighted by Crippen LogP contribution is -2.54. The summed E-state index contributed by atoms with van der Waals surface area (Å²) in [6.45, 7) is 9.81. The van der Waals surface area contributed by atoms with Gasteiger partial charge in [-0.25, -0.2) is 0 Å². The molecule has 0 aromatic carbocycles. The molecule has 0 nitrogen and oxygen atoms in total. The van der Waals surface area contributed by atoms with Crippen LogP contribution >= 0.6 is 0 Å². The van der Waals surface area contributed by atoms with Crippen LogP contribution in [0.25, 0.3) is 0 Å². The number of fused-ring (bicyclic) bond motifs is 2. The van der Waals surface area contributed by atoms with Crippen molar-refractivity contribution in [2.24, 2.45) is 29.1 Å². The van der Waals surface area contributed by atoms with E-state index in [0.717, 1.165) is 23.7 Å². The second-order valence-electron chi connectivity index (χ2n) is 5.43. The fourth-order valence-electron chi connectivity index (χ4n) is 3.41. The van der Waals surface area contributed by atoms with Gasteiger partial charge in [0.15, 0.2) is 0 Å². The van der Waals surface area contributed by atoms with Crippen LogP contribution in [0.4, 0.5) is 0 Å². The molecule has 0 heteroatoms. The Bertz CT molecular complexity index is 169. The minimum atomic E-state index is 0.686. The van der Waals surface area contributed by atoms with Crippen molar-refractivity contribution in [2.75, 3.05) is 0 Å². The van der Waals surface area contributed by atoms with Crippen LogP contribution in [0, 0.1) is 29.1 Å². The van der Waals surface area contributed by atoms with Gasteiger partial charge >= 0.3 is 0 Å². The quantitative estimate of drug-likeness (QED) is 0.499. The Morgan fingerprint density at radius 3 is 2.09 bits per heavy atom. The Kier molecular flexibility index (Phi) is 1.41. The molecule has 0 heterocycles. The zero-order chi connectivity index (χ0) is 8.22. The smallest absolute Gasteiger partial charge is 0.0295 e. The van der Waals surface area contributed by atoms with Gasteiger partial charge < -0.3 is 0 Å². The highest BCUT2D eigenvalue weighted by Gasteiger charge is 2.54. The number of hydrogen-bond donors (Lipinski definition) is 0. The minimum Gasteiger partial charge on any atom is -0.0622 e. The lowest BCUT2D eigenvalue weighted by molar-refractivity contribution is -0.124. The highest BCUT2D eigenvalue weighted by atomic mass is 14.6. The van der Waals surface area contributed by atoms with Crippen molar-refractivity contribution in [3.63, 3.8) is 0 Å². The summed E-state index contributed by atoms with van der Waals surface area (Å²) in [5.41, 5.74) is 0.686. The van der Waals surface area contributed by atoms with Crippen LogP contribution in [0.2, 0.25) is 0 Å². The average molecular weight is 152 g/mol. The van der Waals surface area contributed by atoms with E-state index in [1.807, 2.05) is 0 Å². The molecule has 3 saturated carbocycles. The Morgan fingerprint density at radius 1 is 1.09 bits per heavy atom. The van der Waals surface area contributed by atoms with Crippen molar-refractivity contribution in [3.05, 3.63) is 0 Å². The van der Waals surface area contributed by atoms with Gasteiger partial charge in [0.2, 0.25) is 0 Å². The van der Waals surface area contributed by atoms with E-state index in [1.54, 1.807) is 0 Å². The second kappa shape index (κ2) is 2.02. The minimum absolute atomic E-state index is 0.686.